The van der Waals surface area contributed by atoms with Crippen LogP contribution >= 0.6 is 46.0 Å². The summed E-state index contributed by atoms with van der Waals surface area (Å²) in [6.45, 7) is 3.79. The van der Waals surface area contributed by atoms with E-state index in [4.69, 9.17) is 16.3 Å². The normalized spacial score (nSPS) is 13.6. The summed E-state index contributed by atoms with van der Waals surface area (Å²) in [6, 6.07) is 6.72. The van der Waals surface area contributed by atoms with Crippen molar-refractivity contribution in [3.8, 4) is 0 Å². The molecule has 1 aliphatic rings. The fourth-order valence-corrected chi connectivity index (χ4v) is 7.00. The van der Waals surface area contributed by atoms with Crippen molar-refractivity contribution in [2.24, 2.45) is 0 Å². The SMILES string of the molecule is CCOC(=O)c1c(NC(=O)C(C)Sc2nnc(NC(=O)c3ccccc3Cl)s2)sc2c1CCCC2. The summed E-state index contributed by atoms with van der Waals surface area (Å²) in [5.41, 5.74) is 1.82. The number of anilines is 2. The van der Waals surface area contributed by atoms with Gasteiger partial charge in [0.05, 0.1) is 28.0 Å². The quantitative estimate of drug-likeness (QED) is 0.211. The molecule has 0 aliphatic heterocycles. The Balaban J connectivity index is 1.41. The number of carbonyl (C=O) groups is 3. The lowest BCUT2D eigenvalue weighted by Crippen LogP contribution is -2.23. The highest BCUT2D eigenvalue weighted by atomic mass is 35.5. The number of thioether (sulfide) groups is 1. The molecule has 2 aromatic heterocycles. The van der Waals surface area contributed by atoms with Gasteiger partial charge in [-0.1, -0.05) is 46.8 Å². The van der Waals surface area contributed by atoms with Gasteiger partial charge in [0.2, 0.25) is 11.0 Å². The molecule has 1 unspecified atom stereocenters. The molecule has 2 amide bonds. The summed E-state index contributed by atoms with van der Waals surface area (Å²) in [7, 11) is 0. The maximum Gasteiger partial charge on any atom is 0.341 e. The monoisotopic (exact) mass is 550 g/mol. The van der Waals surface area contributed by atoms with E-state index in [1.165, 1.54) is 23.1 Å². The highest BCUT2D eigenvalue weighted by molar-refractivity contribution is 8.02. The molecule has 1 aliphatic carbocycles. The minimum Gasteiger partial charge on any atom is -0.462 e. The van der Waals surface area contributed by atoms with E-state index in [1.54, 1.807) is 38.1 Å². The van der Waals surface area contributed by atoms with E-state index < -0.39 is 11.2 Å². The molecular formula is C23H23ClN4O4S3. The summed E-state index contributed by atoms with van der Waals surface area (Å²) in [6.07, 6.45) is 3.80. The molecule has 8 nitrogen and oxygen atoms in total. The molecule has 4 rings (SSSR count). The molecule has 184 valence electrons. The third-order valence-corrected chi connectivity index (χ3v) is 8.84. The highest BCUT2D eigenvalue weighted by Crippen LogP contribution is 2.39. The first-order valence-corrected chi connectivity index (χ1v) is 13.9. The van der Waals surface area contributed by atoms with Crippen molar-refractivity contribution in [1.29, 1.82) is 0 Å². The van der Waals surface area contributed by atoms with Crippen LogP contribution in [0.4, 0.5) is 10.1 Å². The number of hydrogen-bond donors (Lipinski definition) is 2. The summed E-state index contributed by atoms with van der Waals surface area (Å²) in [5.74, 6) is -1.04. The van der Waals surface area contributed by atoms with Crippen LogP contribution in [0.3, 0.4) is 0 Å². The maximum atomic E-state index is 13.0. The van der Waals surface area contributed by atoms with E-state index in [-0.39, 0.29) is 18.4 Å². The Bertz CT molecular complexity index is 1260. The smallest absolute Gasteiger partial charge is 0.341 e. The number of nitrogens with one attached hydrogen (secondary N) is 2. The number of nitrogens with zero attached hydrogens (tertiary/aromatic N) is 2. The zero-order chi connectivity index (χ0) is 24.9. The first-order valence-electron chi connectivity index (χ1n) is 11.1. The molecule has 2 N–H and O–H groups in total. The van der Waals surface area contributed by atoms with Gasteiger partial charge in [-0.25, -0.2) is 4.79 Å². The number of carbonyl (C=O) groups excluding carboxylic acids is 3. The number of thiophene rings is 1. The number of halogens is 1. The molecule has 12 heteroatoms. The number of ether oxygens (including phenoxy) is 1. The van der Waals surface area contributed by atoms with Crippen LogP contribution in [-0.2, 0) is 22.4 Å². The van der Waals surface area contributed by atoms with Crippen molar-refractivity contribution in [2.75, 3.05) is 17.2 Å². The van der Waals surface area contributed by atoms with Crippen molar-refractivity contribution in [3.63, 3.8) is 0 Å². The van der Waals surface area contributed by atoms with E-state index in [0.29, 0.717) is 30.6 Å². The van der Waals surface area contributed by atoms with Crippen LogP contribution in [0.2, 0.25) is 5.02 Å². The van der Waals surface area contributed by atoms with Crippen molar-refractivity contribution >= 4 is 74.0 Å². The van der Waals surface area contributed by atoms with Crippen LogP contribution < -0.4 is 10.6 Å². The van der Waals surface area contributed by atoms with Gasteiger partial charge in [-0.2, -0.15) is 0 Å². The topological polar surface area (TPSA) is 110 Å². The number of hydrogen-bond acceptors (Lipinski definition) is 9. The zero-order valence-corrected chi connectivity index (χ0v) is 22.3. The Labute approximate surface area is 219 Å². The molecule has 2 heterocycles. The lowest BCUT2D eigenvalue weighted by molar-refractivity contribution is -0.115. The Morgan fingerprint density at radius 3 is 2.69 bits per heavy atom. The second kappa shape index (κ2) is 11.5. The van der Waals surface area contributed by atoms with Crippen LogP contribution in [0, 0.1) is 0 Å². The maximum absolute atomic E-state index is 13.0. The van der Waals surface area contributed by atoms with Crippen molar-refractivity contribution in [2.45, 2.75) is 49.1 Å². The molecule has 0 spiro atoms. The van der Waals surface area contributed by atoms with Gasteiger partial charge in [-0.05, 0) is 57.2 Å². The molecule has 1 aromatic carbocycles. The van der Waals surface area contributed by atoms with Gasteiger partial charge in [0.25, 0.3) is 5.91 Å². The number of rotatable bonds is 8. The molecule has 0 bridgehead atoms. The number of esters is 1. The van der Waals surface area contributed by atoms with Crippen LogP contribution in [0.5, 0.6) is 0 Å². The minimum atomic E-state index is -0.510. The standard InChI is InChI=1S/C23H23ClN4O4S3/c1-3-32-21(31)17-14-9-5-7-11-16(14)34-20(17)25-18(29)12(2)33-23-28-27-22(35-23)26-19(30)13-8-4-6-10-15(13)24/h4,6,8,10,12H,3,5,7,9,11H2,1-2H3,(H,25,29)(H,26,27,30). The van der Waals surface area contributed by atoms with Gasteiger partial charge < -0.3 is 10.1 Å². The highest BCUT2D eigenvalue weighted by Gasteiger charge is 2.28. The Hall–Kier alpha value is -2.47. The number of aromatic nitrogens is 2. The number of amides is 2. The van der Waals surface area contributed by atoms with E-state index >= 15 is 0 Å². The van der Waals surface area contributed by atoms with Crippen LogP contribution in [0.15, 0.2) is 28.6 Å². The van der Waals surface area contributed by atoms with Crippen molar-refractivity contribution in [3.05, 3.63) is 50.9 Å². The van der Waals surface area contributed by atoms with Gasteiger partial charge >= 0.3 is 5.97 Å². The Morgan fingerprint density at radius 1 is 1.14 bits per heavy atom. The largest absolute Gasteiger partial charge is 0.462 e. The predicted molar refractivity (Wildman–Crippen MR) is 140 cm³/mol. The van der Waals surface area contributed by atoms with Crippen molar-refractivity contribution < 1.29 is 19.1 Å². The third-order valence-electron chi connectivity index (χ3n) is 5.28. The first-order chi connectivity index (χ1) is 16.9. The average molecular weight is 551 g/mol. The summed E-state index contributed by atoms with van der Waals surface area (Å²) >= 11 is 9.91. The fraction of sp³-hybridized carbons (Fsp3) is 0.348. The van der Waals surface area contributed by atoms with Crippen LogP contribution in [0.1, 0.15) is 57.8 Å². The zero-order valence-electron chi connectivity index (χ0n) is 19.1. The van der Waals surface area contributed by atoms with Gasteiger partial charge in [0.1, 0.15) is 5.00 Å². The van der Waals surface area contributed by atoms with Crippen LogP contribution in [-0.4, -0.2) is 39.8 Å². The molecule has 35 heavy (non-hydrogen) atoms. The lowest BCUT2D eigenvalue weighted by atomic mass is 9.95. The number of benzene rings is 1. The minimum absolute atomic E-state index is 0.254. The fourth-order valence-electron chi connectivity index (χ4n) is 3.61. The molecule has 0 radical (unpaired) electrons. The predicted octanol–water partition coefficient (Wildman–Crippen LogP) is 5.68. The van der Waals surface area contributed by atoms with E-state index in [0.717, 1.165) is 47.5 Å². The third kappa shape index (κ3) is 6.03. The van der Waals surface area contributed by atoms with Gasteiger partial charge in [-0.3, -0.25) is 14.9 Å². The second-order valence-corrected chi connectivity index (χ2v) is 11.8. The average Bonchev–Trinajstić information content (AvgIpc) is 3.42. The second-order valence-electron chi connectivity index (χ2n) is 7.69. The lowest BCUT2D eigenvalue weighted by Gasteiger charge is -2.13. The van der Waals surface area contributed by atoms with E-state index in [1.807, 2.05) is 0 Å². The molecule has 0 saturated carbocycles. The Morgan fingerprint density at radius 2 is 1.91 bits per heavy atom. The molecule has 0 fully saturated rings. The molecule has 0 saturated heterocycles. The number of aryl methyl sites for hydroxylation is 1. The summed E-state index contributed by atoms with van der Waals surface area (Å²) in [4.78, 5) is 39.2. The summed E-state index contributed by atoms with van der Waals surface area (Å²) < 4.78 is 5.78. The van der Waals surface area contributed by atoms with Crippen molar-refractivity contribution in [1.82, 2.24) is 10.2 Å². The van der Waals surface area contributed by atoms with Gasteiger partial charge in [-0.15, -0.1) is 21.5 Å². The van der Waals surface area contributed by atoms with Gasteiger partial charge in [0.15, 0.2) is 4.34 Å². The molecular weight excluding hydrogens is 528 g/mol. The first kappa shape index (κ1) is 25.6. The van der Waals surface area contributed by atoms with E-state index in [9.17, 15) is 14.4 Å². The Kier molecular flexibility index (Phi) is 8.42. The van der Waals surface area contributed by atoms with Gasteiger partial charge in [0, 0.05) is 4.88 Å². The molecule has 3 aromatic rings. The van der Waals surface area contributed by atoms with Crippen LogP contribution in [0.25, 0.3) is 0 Å². The van der Waals surface area contributed by atoms with E-state index in [2.05, 4.69) is 20.8 Å². The molecule has 1 atom stereocenters. The number of fused-ring (bicyclic) bond motifs is 1. The summed E-state index contributed by atoms with van der Waals surface area (Å²) in [5, 5.41) is 14.3.